The third kappa shape index (κ3) is 4.54. The molecule has 1 aliphatic rings. The van der Waals surface area contributed by atoms with Crippen LogP contribution in [0, 0.1) is 0 Å². The van der Waals surface area contributed by atoms with Gasteiger partial charge in [-0.15, -0.1) is 0 Å². The highest BCUT2D eigenvalue weighted by Gasteiger charge is 2.19. The molecule has 1 aliphatic carbocycles. The molecule has 0 spiro atoms. The molecule has 30 heavy (non-hydrogen) atoms. The molecule has 0 bridgehead atoms. The van der Waals surface area contributed by atoms with Gasteiger partial charge in [-0.05, 0) is 37.1 Å². The molecule has 0 atom stereocenters. The zero-order valence-corrected chi connectivity index (χ0v) is 17.2. The van der Waals surface area contributed by atoms with Crippen LogP contribution in [0.25, 0.3) is 16.6 Å². The van der Waals surface area contributed by atoms with Crippen molar-refractivity contribution in [2.45, 2.75) is 36.9 Å². The second-order valence-electron chi connectivity index (χ2n) is 7.18. The average Bonchev–Trinajstić information content (AvgIpc) is 3.26. The Morgan fingerprint density at radius 2 is 1.73 bits per heavy atom. The van der Waals surface area contributed by atoms with E-state index >= 15 is 0 Å². The first-order valence-corrected chi connectivity index (χ1v) is 10.9. The number of para-hydroxylation sites is 2. The van der Waals surface area contributed by atoms with Gasteiger partial charge in [-0.1, -0.05) is 54.9 Å². The molecule has 7 nitrogen and oxygen atoms in total. The van der Waals surface area contributed by atoms with Crippen molar-refractivity contribution in [2.24, 2.45) is 0 Å². The molecule has 2 aromatic carbocycles. The maximum atomic E-state index is 13.1. The van der Waals surface area contributed by atoms with Crippen molar-refractivity contribution in [1.82, 2.24) is 20.2 Å². The summed E-state index contributed by atoms with van der Waals surface area (Å²) in [6.07, 6.45) is 4.08. The van der Waals surface area contributed by atoms with Crippen molar-refractivity contribution in [3.8, 4) is 5.69 Å². The molecular formula is C22H22N4O3S. The first-order valence-electron chi connectivity index (χ1n) is 9.92. The van der Waals surface area contributed by atoms with Crippen LogP contribution in [0.5, 0.6) is 0 Å². The summed E-state index contributed by atoms with van der Waals surface area (Å²) in [7, 11) is 0. The predicted octanol–water partition coefficient (Wildman–Crippen LogP) is 3.25. The summed E-state index contributed by atoms with van der Waals surface area (Å²) in [4.78, 5) is 42.0. The number of hydrogen-bond acceptors (Lipinski definition) is 5. The Hall–Kier alpha value is -3.13. The highest BCUT2D eigenvalue weighted by molar-refractivity contribution is 7.99. The summed E-state index contributed by atoms with van der Waals surface area (Å²) in [5, 5.41) is 6.10. The standard InChI is InChI=1S/C22H22N4O3S/c27-19(25-21(29)23-15-8-4-5-9-15)14-30-22-24-18-13-7-6-12-17(18)20(28)26(22)16-10-2-1-3-11-16/h1-3,6-7,10-13,15H,4-5,8-9,14H2,(H2,23,25,27,29). The van der Waals surface area contributed by atoms with Crippen molar-refractivity contribution < 1.29 is 9.59 Å². The molecule has 1 heterocycles. The Kier molecular flexibility index (Phi) is 6.13. The Morgan fingerprint density at radius 3 is 2.50 bits per heavy atom. The molecular weight excluding hydrogens is 400 g/mol. The fraction of sp³-hybridized carbons (Fsp3) is 0.273. The third-order valence-electron chi connectivity index (χ3n) is 5.04. The van der Waals surface area contributed by atoms with E-state index in [4.69, 9.17) is 0 Å². The smallest absolute Gasteiger partial charge is 0.321 e. The number of hydrogen-bond donors (Lipinski definition) is 2. The number of fused-ring (bicyclic) bond motifs is 1. The Labute approximate surface area is 177 Å². The van der Waals surface area contributed by atoms with E-state index in [2.05, 4.69) is 15.6 Å². The molecule has 2 N–H and O–H groups in total. The van der Waals surface area contributed by atoms with Gasteiger partial charge in [-0.25, -0.2) is 9.78 Å². The summed E-state index contributed by atoms with van der Waals surface area (Å²) >= 11 is 1.12. The van der Waals surface area contributed by atoms with Gasteiger partial charge in [0.1, 0.15) is 0 Å². The number of nitrogens with zero attached hydrogens (tertiary/aromatic N) is 2. The van der Waals surface area contributed by atoms with Gasteiger partial charge in [-0.2, -0.15) is 0 Å². The molecule has 1 fully saturated rings. The lowest BCUT2D eigenvalue weighted by atomic mass is 10.2. The van der Waals surface area contributed by atoms with Crippen molar-refractivity contribution >= 4 is 34.6 Å². The SMILES string of the molecule is O=C(CSc1nc2ccccc2c(=O)n1-c1ccccc1)NC(=O)NC1CCCC1. The monoisotopic (exact) mass is 422 g/mol. The normalized spacial score (nSPS) is 14.0. The van der Waals surface area contributed by atoms with E-state index in [1.54, 1.807) is 18.2 Å². The molecule has 3 amide bonds. The topological polar surface area (TPSA) is 93.1 Å². The average molecular weight is 423 g/mol. The summed E-state index contributed by atoms with van der Waals surface area (Å²) < 4.78 is 1.50. The third-order valence-corrected chi connectivity index (χ3v) is 5.97. The number of aromatic nitrogens is 2. The largest absolute Gasteiger partial charge is 0.335 e. The van der Waals surface area contributed by atoms with Gasteiger partial charge in [0, 0.05) is 6.04 Å². The minimum atomic E-state index is -0.473. The van der Waals surface area contributed by atoms with E-state index in [0.29, 0.717) is 21.7 Å². The van der Waals surface area contributed by atoms with E-state index in [-0.39, 0.29) is 17.4 Å². The van der Waals surface area contributed by atoms with Gasteiger partial charge in [0.05, 0.1) is 22.3 Å². The number of thioether (sulfide) groups is 1. The van der Waals surface area contributed by atoms with Crippen LogP contribution in [0.4, 0.5) is 4.79 Å². The van der Waals surface area contributed by atoms with Crippen LogP contribution < -0.4 is 16.2 Å². The number of amides is 3. The predicted molar refractivity (Wildman–Crippen MR) is 117 cm³/mol. The number of carbonyl (C=O) groups excluding carboxylic acids is 2. The molecule has 4 rings (SSSR count). The summed E-state index contributed by atoms with van der Waals surface area (Å²) in [5.74, 6) is -0.465. The lowest BCUT2D eigenvalue weighted by Gasteiger charge is -2.14. The van der Waals surface area contributed by atoms with Crippen molar-refractivity contribution in [3.63, 3.8) is 0 Å². The van der Waals surface area contributed by atoms with Crippen LogP contribution in [0.3, 0.4) is 0 Å². The highest BCUT2D eigenvalue weighted by atomic mass is 32.2. The lowest BCUT2D eigenvalue weighted by molar-refractivity contribution is -0.117. The van der Waals surface area contributed by atoms with Gasteiger partial charge < -0.3 is 5.32 Å². The van der Waals surface area contributed by atoms with E-state index < -0.39 is 11.9 Å². The fourth-order valence-corrected chi connectivity index (χ4v) is 4.41. The van der Waals surface area contributed by atoms with Crippen LogP contribution >= 0.6 is 11.8 Å². The van der Waals surface area contributed by atoms with Crippen molar-refractivity contribution in [3.05, 3.63) is 65.0 Å². The Balaban J connectivity index is 1.53. The van der Waals surface area contributed by atoms with Crippen LogP contribution in [-0.2, 0) is 4.79 Å². The Bertz CT molecular complexity index is 1120. The zero-order valence-electron chi connectivity index (χ0n) is 16.3. The van der Waals surface area contributed by atoms with Gasteiger partial charge >= 0.3 is 6.03 Å². The maximum absolute atomic E-state index is 13.1. The minimum Gasteiger partial charge on any atom is -0.335 e. The van der Waals surface area contributed by atoms with Gasteiger partial charge in [-0.3, -0.25) is 19.5 Å². The van der Waals surface area contributed by atoms with Crippen LogP contribution in [-0.4, -0.2) is 33.3 Å². The quantitative estimate of drug-likeness (QED) is 0.486. The van der Waals surface area contributed by atoms with E-state index in [9.17, 15) is 14.4 Å². The molecule has 154 valence electrons. The second kappa shape index (κ2) is 9.13. The number of nitrogens with one attached hydrogen (secondary N) is 2. The number of benzene rings is 2. The Morgan fingerprint density at radius 1 is 1.03 bits per heavy atom. The van der Waals surface area contributed by atoms with Crippen molar-refractivity contribution in [1.29, 1.82) is 0 Å². The van der Waals surface area contributed by atoms with Crippen molar-refractivity contribution in [2.75, 3.05) is 5.75 Å². The summed E-state index contributed by atoms with van der Waals surface area (Å²) in [5.41, 5.74) is 1.04. The number of imide groups is 1. The van der Waals surface area contributed by atoms with Crippen LogP contribution in [0.15, 0.2) is 64.5 Å². The number of carbonyl (C=O) groups is 2. The lowest BCUT2D eigenvalue weighted by Crippen LogP contribution is -2.44. The molecule has 0 saturated heterocycles. The maximum Gasteiger partial charge on any atom is 0.321 e. The van der Waals surface area contributed by atoms with Gasteiger partial charge in [0.15, 0.2) is 5.16 Å². The molecule has 0 radical (unpaired) electrons. The highest BCUT2D eigenvalue weighted by Crippen LogP contribution is 2.21. The van der Waals surface area contributed by atoms with E-state index in [0.717, 1.165) is 37.4 Å². The summed E-state index contributed by atoms with van der Waals surface area (Å²) in [6.45, 7) is 0. The number of urea groups is 1. The van der Waals surface area contributed by atoms with Crippen LogP contribution in [0.1, 0.15) is 25.7 Å². The van der Waals surface area contributed by atoms with Gasteiger partial charge in [0.25, 0.3) is 5.56 Å². The molecule has 0 unspecified atom stereocenters. The zero-order chi connectivity index (χ0) is 20.9. The first-order chi connectivity index (χ1) is 14.6. The summed E-state index contributed by atoms with van der Waals surface area (Å²) in [6, 6.07) is 16.0. The molecule has 0 aliphatic heterocycles. The van der Waals surface area contributed by atoms with E-state index in [1.807, 2.05) is 36.4 Å². The molecule has 3 aromatic rings. The molecule has 1 saturated carbocycles. The van der Waals surface area contributed by atoms with Gasteiger partial charge in [0.2, 0.25) is 5.91 Å². The minimum absolute atomic E-state index is 0.0320. The number of rotatable bonds is 5. The fourth-order valence-electron chi connectivity index (χ4n) is 3.60. The second-order valence-corrected chi connectivity index (χ2v) is 8.12. The van der Waals surface area contributed by atoms with E-state index in [1.165, 1.54) is 4.57 Å². The molecule has 1 aromatic heterocycles. The van der Waals surface area contributed by atoms with Crippen LogP contribution in [0.2, 0.25) is 0 Å². The molecule has 8 heteroatoms. The first kappa shape index (κ1) is 20.2.